The van der Waals surface area contributed by atoms with E-state index in [2.05, 4.69) is 34.9 Å². The zero-order valence-corrected chi connectivity index (χ0v) is 19.5. The quantitative estimate of drug-likeness (QED) is 0.452. The highest BCUT2D eigenvalue weighted by molar-refractivity contribution is 5.81. The van der Waals surface area contributed by atoms with Gasteiger partial charge in [0.15, 0.2) is 0 Å². The van der Waals surface area contributed by atoms with Crippen LogP contribution in [0.25, 0.3) is 11.1 Å². The van der Waals surface area contributed by atoms with Crippen LogP contribution in [-0.2, 0) is 19.1 Å². The van der Waals surface area contributed by atoms with Crippen molar-refractivity contribution in [3.8, 4) is 11.1 Å². The summed E-state index contributed by atoms with van der Waals surface area (Å²) in [5.41, 5.74) is 4.09. The molecule has 3 aliphatic carbocycles. The monoisotopic (exact) mass is 478 g/mol. The van der Waals surface area contributed by atoms with E-state index in [0.29, 0.717) is 6.42 Å². The lowest BCUT2D eigenvalue weighted by Gasteiger charge is -2.16. The molecule has 3 atom stereocenters. The van der Waals surface area contributed by atoms with E-state index in [0.717, 1.165) is 24.0 Å². The second kappa shape index (κ2) is 9.70. The first-order valence-corrected chi connectivity index (χ1v) is 12.2. The van der Waals surface area contributed by atoms with Crippen molar-refractivity contribution in [1.29, 1.82) is 0 Å². The van der Waals surface area contributed by atoms with E-state index >= 15 is 0 Å². The molecule has 2 fully saturated rings. The second-order valence-corrected chi connectivity index (χ2v) is 9.68. The van der Waals surface area contributed by atoms with E-state index in [1.165, 1.54) is 11.1 Å². The van der Waals surface area contributed by atoms with Crippen LogP contribution in [0.3, 0.4) is 0 Å². The van der Waals surface area contributed by atoms with Gasteiger partial charge in [-0.2, -0.15) is 0 Å². The lowest BCUT2D eigenvalue weighted by molar-refractivity contribution is -0.143. The van der Waals surface area contributed by atoms with Crippen LogP contribution >= 0.6 is 0 Å². The molecule has 8 heteroatoms. The number of hydrogen-bond donors (Lipinski definition) is 3. The minimum Gasteiger partial charge on any atom is -0.481 e. The van der Waals surface area contributed by atoms with Gasteiger partial charge in [0, 0.05) is 24.9 Å². The van der Waals surface area contributed by atoms with Crippen molar-refractivity contribution in [2.24, 2.45) is 11.3 Å². The average Bonchev–Trinajstić information content (AvgIpc) is 3.28. The molecule has 3 N–H and O–H groups in total. The van der Waals surface area contributed by atoms with Crippen molar-refractivity contribution in [2.75, 3.05) is 26.4 Å². The lowest BCUT2D eigenvalue weighted by Crippen LogP contribution is -2.35. The minimum absolute atomic E-state index is 0.0130. The first-order chi connectivity index (χ1) is 17.0. The molecular formula is C27H30N2O6. The fourth-order valence-corrected chi connectivity index (χ4v) is 5.71. The van der Waals surface area contributed by atoms with E-state index in [1.807, 2.05) is 24.3 Å². The van der Waals surface area contributed by atoms with Gasteiger partial charge < -0.3 is 25.2 Å². The largest absolute Gasteiger partial charge is 0.481 e. The third-order valence-electron chi connectivity index (χ3n) is 7.54. The zero-order chi connectivity index (χ0) is 24.4. The predicted octanol–water partition coefficient (Wildman–Crippen LogP) is 3.30. The molecule has 2 amide bonds. The van der Waals surface area contributed by atoms with Gasteiger partial charge in [0.05, 0.1) is 18.6 Å². The van der Waals surface area contributed by atoms with Gasteiger partial charge in [-0.15, -0.1) is 0 Å². The molecule has 0 aromatic heterocycles. The van der Waals surface area contributed by atoms with E-state index in [-0.39, 0.29) is 56.6 Å². The molecule has 184 valence electrons. The third kappa shape index (κ3) is 4.75. The van der Waals surface area contributed by atoms with Crippen LogP contribution < -0.4 is 10.6 Å². The van der Waals surface area contributed by atoms with E-state index in [1.54, 1.807) is 0 Å². The zero-order valence-electron chi connectivity index (χ0n) is 19.5. The SMILES string of the molecule is O=C(CCOCCNC(=O)OCC1c2ccccc2-c2ccccc21)N[C@@H]1C[C@H]2C[C@@]2(C(=O)O)C1. The molecule has 2 aromatic rings. The fourth-order valence-electron chi connectivity index (χ4n) is 5.71. The van der Waals surface area contributed by atoms with Gasteiger partial charge in [-0.3, -0.25) is 9.59 Å². The number of fused-ring (bicyclic) bond motifs is 4. The van der Waals surface area contributed by atoms with Crippen LogP contribution in [0.15, 0.2) is 48.5 Å². The number of ether oxygens (including phenoxy) is 2. The molecule has 3 aliphatic rings. The molecule has 8 nitrogen and oxygen atoms in total. The Morgan fingerprint density at radius 2 is 1.66 bits per heavy atom. The van der Waals surface area contributed by atoms with Crippen LogP contribution in [0.2, 0.25) is 0 Å². The van der Waals surface area contributed by atoms with Crippen LogP contribution in [0.5, 0.6) is 0 Å². The number of nitrogens with one attached hydrogen (secondary N) is 2. The first kappa shape index (κ1) is 23.4. The number of aliphatic carboxylic acids is 1. The van der Waals surface area contributed by atoms with Crippen LogP contribution in [0.1, 0.15) is 42.7 Å². The van der Waals surface area contributed by atoms with Crippen LogP contribution in [-0.4, -0.2) is 55.5 Å². The van der Waals surface area contributed by atoms with Gasteiger partial charge in [0.2, 0.25) is 5.91 Å². The standard InChI is InChI=1S/C27H30N2O6/c30-24(29-18-13-17-14-27(17,15-18)25(31)32)9-11-34-12-10-28-26(33)35-16-23-21-7-3-1-5-19(21)20-6-2-4-8-22(20)23/h1-8,17-18,23H,9-16H2,(H,28,33)(H,29,30)(H,31,32)/t17-,18+,27+/m0/s1. The predicted molar refractivity (Wildman–Crippen MR) is 128 cm³/mol. The third-order valence-corrected chi connectivity index (χ3v) is 7.54. The number of alkyl carbamates (subject to hydrolysis) is 1. The van der Waals surface area contributed by atoms with Crippen molar-refractivity contribution in [3.63, 3.8) is 0 Å². The molecule has 2 saturated carbocycles. The van der Waals surface area contributed by atoms with Crippen LogP contribution in [0, 0.1) is 11.3 Å². The van der Waals surface area contributed by atoms with Crippen LogP contribution in [0.4, 0.5) is 4.79 Å². The van der Waals surface area contributed by atoms with Gasteiger partial charge in [-0.1, -0.05) is 48.5 Å². The van der Waals surface area contributed by atoms with Gasteiger partial charge in [-0.05, 0) is 47.4 Å². The summed E-state index contributed by atoms with van der Waals surface area (Å²) in [5.74, 6) is -0.669. The molecule has 0 bridgehead atoms. The maximum Gasteiger partial charge on any atom is 0.407 e. The summed E-state index contributed by atoms with van der Waals surface area (Å²) in [6.45, 7) is 1.04. The smallest absolute Gasteiger partial charge is 0.407 e. The number of rotatable bonds is 10. The molecule has 0 heterocycles. The number of carbonyl (C=O) groups excluding carboxylic acids is 2. The van der Waals surface area contributed by atoms with Crippen molar-refractivity contribution in [2.45, 2.75) is 37.6 Å². The average molecular weight is 479 g/mol. The Bertz CT molecular complexity index is 1090. The minimum atomic E-state index is -0.744. The maximum atomic E-state index is 12.2. The summed E-state index contributed by atoms with van der Waals surface area (Å²) in [7, 11) is 0. The highest BCUT2D eigenvalue weighted by Gasteiger charge is 2.65. The molecular weight excluding hydrogens is 448 g/mol. The Balaban J connectivity index is 0.963. The van der Waals surface area contributed by atoms with E-state index in [4.69, 9.17) is 9.47 Å². The molecule has 35 heavy (non-hydrogen) atoms. The highest BCUT2D eigenvalue weighted by Crippen LogP contribution is 2.63. The van der Waals surface area contributed by atoms with Gasteiger partial charge in [-0.25, -0.2) is 4.79 Å². The number of carbonyl (C=O) groups is 3. The Morgan fingerprint density at radius 3 is 2.31 bits per heavy atom. The summed E-state index contributed by atoms with van der Waals surface area (Å²) in [6.07, 6.45) is 1.69. The normalized spacial score (nSPS) is 23.7. The molecule has 2 aromatic carbocycles. The Morgan fingerprint density at radius 1 is 0.971 bits per heavy atom. The summed E-state index contributed by atoms with van der Waals surface area (Å²) in [6, 6.07) is 16.3. The number of amides is 2. The number of carboxylic acid groups (broad SMARTS) is 1. The summed E-state index contributed by atoms with van der Waals surface area (Å²) in [5, 5.41) is 14.9. The maximum absolute atomic E-state index is 12.2. The lowest BCUT2D eigenvalue weighted by atomic mass is 9.98. The van der Waals surface area contributed by atoms with Gasteiger partial charge in [0.25, 0.3) is 0 Å². The molecule has 5 rings (SSSR count). The molecule has 0 radical (unpaired) electrons. The van der Waals surface area contributed by atoms with Gasteiger partial charge >= 0.3 is 12.1 Å². The van der Waals surface area contributed by atoms with Crippen molar-refractivity contribution < 1.29 is 29.0 Å². The summed E-state index contributed by atoms with van der Waals surface area (Å²) >= 11 is 0. The molecule has 0 aliphatic heterocycles. The summed E-state index contributed by atoms with van der Waals surface area (Å²) < 4.78 is 10.9. The van der Waals surface area contributed by atoms with Crippen molar-refractivity contribution in [3.05, 3.63) is 59.7 Å². The Kier molecular flexibility index (Phi) is 6.47. The van der Waals surface area contributed by atoms with Gasteiger partial charge in [0.1, 0.15) is 6.61 Å². The number of carboxylic acids is 1. The van der Waals surface area contributed by atoms with Crippen molar-refractivity contribution >= 4 is 18.0 Å². The number of benzene rings is 2. The second-order valence-electron chi connectivity index (χ2n) is 9.68. The van der Waals surface area contributed by atoms with E-state index < -0.39 is 17.5 Å². The highest BCUT2D eigenvalue weighted by atomic mass is 16.5. The van der Waals surface area contributed by atoms with E-state index in [9.17, 15) is 19.5 Å². The Labute approximate surface area is 204 Å². The molecule has 0 unspecified atom stereocenters. The molecule has 0 spiro atoms. The summed E-state index contributed by atoms with van der Waals surface area (Å²) in [4.78, 5) is 35.6. The van der Waals surface area contributed by atoms with Crippen molar-refractivity contribution in [1.82, 2.24) is 10.6 Å². The topological polar surface area (TPSA) is 114 Å². The first-order valence-electron chi connectivity index (χ1n) is 12.2. The number of hydrogen-bond acceptors (Lipinski definition) is 5. The Hall–Kier alpha value is -3.39. The fraction of sp³-hybridized carbons (Fsp3) is 0.444. The molecule has 0 saturated heterocycles.